The van der Waals surface area contributed by atoms with Gasteiger partial charge in [-0.25, -0.2) is 9.50 Å². The fraction of sp³-hybridized carbons (Fsp3) is 0.632. The SMILES string of the molecule is CN(C)C(=O)c1cnn2c(C3CCCN(C4CCCC4)C3)ccnc12. The average molecular weight is 341 g/mol. The summed E-state index contributed by atoms with van der Waals surface area (Å²) in [7, 11) is 3.52. The van der Waals surface area contributed by atoms with Crippen molar-refractivity contribution in [2.75, 3.05) is 27.2 Å². The maximum Gasteiger partial charge on any atom is 0.258 e. The van der Waals surface area contributed by atoms with Crippen LogP contribution in [-0.2, 0) is 0 Å². The van der Waals surface area contributed by atoms with Crippen LogP contribution in [0.4, 0.5) is 0 Å². The highest BCUT2D eigenvalue weighted by molar-refractivity contribution is 5.99. The Bertz CT molecular complexity index is 762. The zero-order chi connectivity index (χ0) is 17.4. The topological polar surface area (TPSA) is 53.7 Å². The summed E-state index contributed by atoms with van der Waals surface area (Å²) < 4.78 is 1.89. The van der Waals surface area contributed by atoms with Crippen LogP contribution < -0.4 is 0 Å². The van der Waals surface area contributed by atoms with E-state index in [1.54, 1.807) is 25.2 Å². The van der Waals surface area contributed by atoms with Gasteiger partial charge in [-0.3, -0.25) is 9.69 Å². The number of hydrogen-bond acceptors (Lipinski definition) is 4. The van der Waals surface area contributed by atoms with E-state index < -0.39 is 0 Å². The minimum atomic E-state index is -0.0455. The van der Waals surface area contributed by atoms with Crippen LogP contribution in [0.15, 0.2) is 18.5 Å². The first-order valence-corrected chi connectivity index (χ1v) is 9.43. The lowest BCUT2D eigenvalue weighted by atomic mass is 9.93. The number of piperidine rings is 1. The van der Waals surface area contributed by atoms with E-state index in [2.05, 4.69) is 21.0 Å². The molecule has 6 heteroatoms. The van der Waals surface area contributed by atoms with Gasteiger partial charge in [-0.2, -0.15) is 5.10 Å². The Morgan fingerprint density at radius 2 is 2.00 bits per heavy atom. The van der Waals surface area contributed by atoms with E-state index >= 15 is 0 Å². The Balaban J connectivity index is 1.63. The fourth-order valence-corrected chi connectivity index (χ4v) is 4.46. The predicted molar refractivity (Wildman–Crippen MR) is 96.8 cm³/mol. The molecule has 1 unspecified atom stereocenters. The monoisotopic (exact) mass is 341 g/mol. The van der Waals surface area contributed by atoms with Gasteiger partial charge in [-0.15, -0.1) is 0 Å². The lowest BCUT2D eigenvalue weighted by Gasteiger charge is -2.36. The zero-order valence-corrected chi connectivity index (χ0v) is 15.2. The molecule has 6 nitrogen and oxygen atoms in total. The quantitative estimate of drug-likeness (QED) is 0.861. The molecule has 1 amide bonds. The predicted octanol–water partition coefficient (Wildman–Crippen LogP) is 2.55. The third-order valence-corrected chi connectivity index (χ3v) is 5.78. The van der Waals surface area contributed by atoms with Gasteiger partial charge in [0.25, 0.3) is 5.91 Å². The molecule has 2 aromatic rings. The third kappa shape index (κ3) is 3.03. The molecular weight excluding hydrogens is 314 g/mol. The highest BCUT2D eigenvalue weighted by Gasteiger charge is 2.30. The number of hydrogen-bond donors (Lipinski definition) is 0. The summed E-state index contributed by atoms with van der Waals surface area (Å²) in [5.41, 5.74) is 2.44. The third-order valence-electron chi connectivity index (χ3n) is 5.78. The number of carbonyl (C=O) groups excluding carboxylic acids is 1. The molecule has 2 aromatic heterocycles. The minimum absolute atomic E-state index is 0.0455. The fourth-order valence-electron chi connectivity index (χ4n) is 4.46. The van der Waals surface area contributed by atoms with Crippen molar-refractivity contribution in [2.45, 2.75) is 50.5 Å². The van der Waals surface area contributed by atoms with Crippen LogP contribution in [0.25, 0.3) is 5.65 Å². The molecule has 1 atom stereocenters. The van der Waals surface area contributed by atoms with Gasteiger partial charge >= 0.3 is 0 Å². The van der Waals surface area contributed by atoms with Crippen LogP contribution >= 0.6 is 0 Å². The van der Waals surface area contributed by atoms with Crippen molar-refractivity contribution < 1.29 is 4.79 Å². The molecule has 1 saturated carbocycles. The van der Waals surface area contributed by atoms with E-state index in [9.17, 15) is 4.79 Å². The second-order valence-corrected chi connectivity index (χ2v) is 7.64. The molecule has 0 radical (unpaired) electrons. The molecular formula is C19H27N5O. The summed E-state index contributed by atoms with van der Waals surface area (Å²) in [6.45, 7) is 2.32. The van der Waals surface area contributed by atoms with Gasteiger partial charge in [0.15, 0.2) is 5.65 Å². The van der Waals surface area contributed by atoms with Crippen molar-refractivity contribution in [2.24, 2.45) is 0 Å². The van der Waals surface area contributed by atoms with Gasteiger partial charge in [-0.05, 0) is 38.3 Å². The van der Waals surface area contributed by atoms with Crippen LogP contribution in [-0.4, -0.2) is 63.5 Å². The summed E-state index contributed by atoms with van der Waals surface area (Å²) in [5, 5.41) is 4.51. The van der Waals surface area contributed by atoms with E-state index in [0.717, 1.165) is 12.6 Å². The second-order valence-electron chi connectivity index (χ2n) is 7.64. The summed E-state index contributed by atoms with van der Waals surface area (Å²) in [6.07, 6.45) is 11.3. The molecule has 1 aliphatic heterocycles. The van der Waals surface area contributed by atoms with E-state index in [-0.39, 0.29) is 5.91 Å². The Hall–Kier alpha value is -1.95. The molecule has 1 aliphatic carbocycles. The maximum atomic E-state index is 12.4. The Morgan fingerprint density at radius 3 is 2.76 bits per heavy atom. The van der Waals surface area contributed by atoms with Crippen molar-refractivity contribution in [3.8, 4) is 0 Å². The lowest BCUT2D eigenvalue weighted by molar-refractivity contribution is 0.0829. The van der Waals surface area contributed by atoms with Gasteiger partial charge in [0.2, 0.25) is 0 Å². The number of rotatable bonds is 3. The largest absolute Gasteiger partial charge is 0.345 e. The maximum absolute atomic E-state index is 12.4. The Kier molecular flexibility index (Phi) is 4.46. The number of aromatic nitrogens is 3. The smallest absolute Gasteiger partial charge is 0.258 e. The van der Waals surface area contributed by atoms with Gasteiger partial charge < -0.3 is 4.90 Å². The molecule has 0 bridgehead atoms. The summed E-state index contributed by atoms with van der Waals surface area (Å²) in [6, 6.07) is 2.84. The van der Waals surface area contributed by atoms with Gasteiger partial charge in [0.1, 0.15) is 5.56 Å². The van der Waals surface area contributed by atoms with Crippen LogP contribution in [0.2, 0.25) is 0 Å². The number of nitrogens with zero attached hydrogens (tertiary/aromatic N) is 5. The van der Waals surface area contributed by atoms with Crippen molar-refractivity contribution in [3.05, 3.63) is 29.7 Å². The number of fused-ring (bicyclic) bond motifs is 1. The highest BCUT2D eigenvalue weighted by atomic mass is 16.2. The Morgan fingerprint density at radius 1 is 1.20 bits per heavy atom. The molecule has 2 fully saturated rings. The molecule has 4 rings (SSSR count). The Labute approximate surface area is 148 Å². The molecule has 1 saturated heterocycles. The summed E-state index contributed by atoms with van der Waals surface area (Å²) in [5.74, 6) is 0.415. The number of carbonyl (C=O) groups is 1. The number of likely N-dealkylation sites (tertiary alicyclic amines) is 1. The highest BCUT2D eigenvalue weighted by Crippen LogP contribution is 2.32. The minimum Gasteiger partial charge on any atom is -0.345 e. The van der Waals surface area contributed by atoms with Crippen molar-refractivity contribution >= 4 is 11.6 Å². The zero-order valence-electron chi connectivity index (χ0n) is 15.2. The van der Waals surface area contributed by atoms with Gasteiger partial charge in [-0.1, -0.05) is 12.8 Å². The second kappa shape index (κ2) is 6.75. The van der Waals surface area contributed by atoms with E-state index in [4.69, 9.17) is 0 Å². The first-order chi connectivity index (χ1) is 12.1. The first kappa shape index (κ1) is 16.5. The van der Waals surface area contributed by atoms with Gasteiger partial charge in [0.05, 0.1) is 11.9 Å². The molecule has 0 N–H and O–H groups in total. The molecule has 3 heterocycles. The van der Waals surface area contributed by atoms with E-state index in [1.807, 2.05) is 10.7 Å². The van der Waals surface area contributed by atoms with E-state index in [1.165, 1.54) is 50.8 Å². The van der Waals surface area contributed by atoms with Crippen molar-refractivity contribution in [3.63, 3.8) is 0 Å². The van der Waals surface area contributed by atoms with Crippen molar-refractivity contribution in [1.82, 2.24) is 24.4 Å². The summed E-state index contributed by atoms with van der Waals surface area (Å²) >= 11 is 0. The summed E-state index contributed by atoms with van der Waals surface area (Å²) in [4.78, 5) is 21.1. The van der Waals surface area contributed by atoms with Crippen LogP contribution in [0.5, 0.6) is 0 Å². The van der Waals surface area contributed by atoms with E-state index in [0.29, 0.717) is 17.1 Å². The lowest BCUT2D eigenvalue weighted by Crippen LogP contribution is -2.41. The van der Waals surface area contributed by atoms with Crippen LogP contribution in [0.3, 0.4) is 0 Å². The van der Waals surface area contributed by atoms with Crippen molar-refractivity contribution in [1.29, 1.82) is 0 Å². The molecule has 0 spiro atoms. The van der Waals surface area contributed by atoms with Crippen LogP contribution in [0.1, 0.15) is 60.5 Å². The number of amides is 1. The standard InChI is InChI=1S/C19H27N5O/c1-22(2)19(25)16-12-21-24-17(9-10-20-18(16)24)14-6-5-11-23(13-14)15-7-3-4-8-15/h9-10,12,14-15H,3-8,11,13H2,1-2H3. The normalized spacial score (nSPS) is 22.6. The van der Waals surface area contributed by atoms with Gasteiger partial charge in [0, 0.05) is 38.8 Å². The molecule has 2 aliphatic rings. The first-order valence-electron chi connectivity index (χ1n) is 9.43. The average Bonchev–Trinajstić information content (AvgIpc) is 3.30. The van der Waals surface area contributed by atoms with Crippen LogP contribution in [0, 0.1) is 0 Å². The molecule has 25 heavy (non-hydrogen) atoms. The molecule has 0 aromatic carbocycles. The molecule has 134 valence electrons.